The van der Waals surface area contributed by atoms with Crippen molar-refractivity contribution in [3.8, 4) is 0 Å². The molecule has 0 aliphatic heterocycles. The highest BCUT2D eigenvalue weighted by atomic mass is 35.5. The normalized spacial score (nSPS) is 11.1. The lowest BCUT2D eigenvalue weighted by atomic mass is 10.1. The van der Waals surface area contributed by atoms with Gasteiger partial charge in [-0.2, -0.15) is 10.2 Å². The monoisotopic (exact) mass is 400 g/mol. The van der Waals surface area contributed by atoms with Crippen molar-refractivity contribution in [2.24, 2.45) is 5.10 Å². The maximum absolute atomic E-state index is 12.1. The number of rotatable bonds is 5. The Kier molecular flexibility index (Phi) is 5.94. The van der Waals surface area contributed by atoms with Crippen LogP contribution in [-0.2, 0) is 6.54 Å². The Morgan fingerprint density at radius 3 is 2.56 bits per heavy atom. The lowest BCUT2D eigenvalue weighted by Crippen LogP contribution is -2.18. The van der Waals surface area contributed by atoms with Gasteiger partial charge in [0.15, 0.2) is 0 Å². The highest BCUT2D eigenvalue weighted by Crippen LogP contribution is 2.19. The van der Waals surface area contributed by atoms with Gasteiger partial charge in [-0.25, -0.2) is 10.1 Å². The van der Waals surface area contributed by atoms with Crippen LogP contribution in [0.25, 0.3) is 0 Å². The maximum atomic E-state index is 12.1. The quantitative estimate of drug-likeness (QED) is 0.501. The van der Waals surface area contributed by atoms with Crippen molar-refractivity contribution < 1.29 is 4.79 Å². The number of aromatic nitrogens is 2. The predicted octanol–water partition coefficient (Wildman–Crippen LogP) is 4.62. The average molecular weight is 401 g/mol. The van der Waals surface area contributed by atoms with E-state index in [1.165, 1.54) is 11.8 Å². The van der Waals surface area contributed by atoms with Gasteiger partial charge in [0.25, 0.3) is 5.91 Å². The molecule has 27 heavy (non-hydrogen) atoms. The van der Waals surface area contributed by atoms with E-state index in [9.17, 15) is 4.79 Å². The standard InChI is InChI=1S/C20H18Cl2N4O/c1-13-7-9-15(10-8-13)12-26-19(22)17(14(2)25-26)11-23-24-20(27)16-5-3-4-6-18(16)21/h3-11H,12H2,1-2H3,(H,24,27)/b23-11-. The van der Waals surface area contributed by atoms with Crippen molar-refractivity contribution in [1.82, 2.24) is 15.2 Å². The SMILES string of the molecule is Cc1ccc(Cn2nc(C)c(/C=N\NC(=O)c3ccccc3Cl)c2Cl)cc1. The molecule has 138 valence electrons. The first-order valence-electron chi connectivity index (χ1n) is 8.32. The van der Waals surface area contributed by atoms with Crippen molar-refractivity contribution in [2.45, 2.75) is 20.4 Å². The highest BCUT2D eigenvalue weighted by molar-refractivity contribution is 6.34. The fourth-order valence-corrected chi connectivity index (χ4v) is 3.05. The number of benzene rings is 2. The molecule has 1 heterocycles. The minimum absolute atomic E-state index is 0.356. The molecule has 0 unspecified atom stereocenters. The van der Waals surface area contributed by atoms with E-state index in [1.807, 2.05) is 38.1 Å². The first-order valence-corrected chi connectivity index (χ1v) is 9.07. The van der Waals surface area contributed by atoms with Crippen molar-refractivity contribution in [1.29, 1.82) is 0 Å². The van der Waals surface area contributed by atoms with Crippen LogP contribution in [0.1, 0.15) is 32.7 Å². The van der Waals surface area contributed by atoms with Crippen LogP contribution >= 0.6 is 23.2 Å². The van der Waals surface area contributed by atoms with Gasteiger partial charge < -0.3 is 0 Å². The van der Waals surface area contributed by atoms with Crippen LogP contribution in [0.4, 0.5) is 0 Å². The Morgan fingerprint density at radius 2 is 1.85 bits per heavy atom. The molecule has 1 amide bonds. The zero-order chi connectivity index (χ0) is 19.4. The van der Waals surface area contributed by atoms with Crippen LogP contribution in [0.3, 0.4) is 0 Å². The number of aryl methyl sites for hydroxylation is 2. The molecule has 0 aliphatic carbocycles. The Labute approximate surface area is 167 Å². The van der Waals surface area contributed by atoms with E-state index in [1.54, 1.807) is 28.9 Å². The predicted molar refractivity (Wildman–Crippen MR) is 109 cm³/mol. The second-order valence-corrected chi connectivity index (χ2v) is 6.88. The van der Waals surface area contributed by atoms with Crippen LogP contribution < -0.4 is 5.43 Å². The molecule has 0 bridgehead atoms. The molecule has 3 aromatic rings. The van der Waals surface area contributed by atoms with Crippen molar-refractivity contribution in [3.05, 3.63) is 86.7 Å². The second kappa shape index (κ2) is 8.37. The van der Waals surface area contributed by atoms with Crippen molar-refractivity contribution in [2.75, 3.05) is 0 Å². The molecule has 0 saturated heterocycles. The first-order chi connectivity index (χ1) is 13.0. The molecule has 0 radical (unpaired) electrons. The lowest BCUT2D eigenvalue weighted by Gasteiger charge is -2.04. The van der Waals surface area contributed by atoms with Crippen LogP contribution in [0.15, 0.2) is 53.6 Å². The smallest absolute Gasteiger partial charge is 0.267 e. The summed E-state index contributed by atoms with van der Waals surface area (Å²) < 4.78 is 1.71. The third-order valence-corrected chi connectivity index (χ3v) is 4.77. The third-order valence-electron chi connectivity index (χ3n) is 4.04. The molecule has 0 aliphatic rings. The summed E-state index contributed by atoms with van der Waals surface area (Å²) in [5, 5.41) is 9.28. The zero-order valence-electron chi connectivity index (χ0n) is 14.9. The van der Waals surface area contributed by atoms with Crippen molar-refractivity contribution >= 4 is 35.3 Å². The Balaban J connectivity index is 1.72. The number of hydrogen-bond donors (Lipinski definition) is 1. The van der Waals surface area contributed by atoms with Crippen LogP contribution in [0.2, 0.25) is 10.2 Å². The van der Waals surface area contributed by atoms with E-state index < -0.39 is 5.91 Å². The number of carbonyl (C=O) groups is 1. The second-order valence-electron chi connectivity index (χ2n) is 6.11. The fourth-order valence-electron chi connectivity index (χ4n) is 2.55. The number of nitrogens with one attached hydrogen (secondary N) is 1. The van der Waals surface area contributed by atoms with Gasteiger partial charge in [0.1, 0.15) is 5.15 Å². The highest BCUT2D eigenvalue weighted by Gasteiger charge is 2.13. The third kappa shape index (κ3) is 4.56. The zero-order valence-corrected chi connectivity index (χ0v) is 16.4. The summed E-state index contributed by atoms with van der Waals surface area (Å²) in [6.07, 6.45) is 1.49. The summed E-state index contributed by atoms with van der Waals surface area (Å²) >= 11 is 12.5. The number of halogens is 2. The van der Waals surface area contributed by atoms with Gasteiger partial charge in [0.05, 0.1) is 34.6 Å². The van der Waals surface area contributed by atoms with E-state index in [0.29, 0.717) is 27.8 Å². The molecule has 3 rings (SSSR count). The van der Waals surface area contributed by atoms with Crippen LogP contribution in [0.5, 0.6) is 0 Å². The van der Waals surface area contributed by atoms with Gasteiger partial charge in [-0.15, -0.1) is 0 Å². The van der Waals surface area contributed by atoms with Gasteiger partial charge in [-0.05, 0) is 31.5 Å². The fraction of sp³-hybridized carbons (Fsp3) is 0.150. The number of carbonyl (C=O) groups excluding carboxylic acids is 1. The van der Waals surface area contributed by atoms with E-state index in [0.717, 1.165) is 11.3 Å². The van der Waals surface area contributed by atoms with Crippen LogP contribution in [-0.4, -0.2) is 21.9 Å². The molecule has 0 atom stereocenters. The molecular formula is C20H18Cl2N4O. The minimum atomic E-state index is -0.391. The van der Waals surface area contributed by atoms with Gasteiger partial charge >= 0.3 is 0 Å². The number of nitrogens with zero attached hydrogens (tertiary/aromatic N) is 3. The summed E-state index contributed by atoms with van der Waals surface area (Å²) in [6.45, 7) is 4.44. The molecule has 0 spiro atoms. The van der Waals surface area contributed by atoms with Gasteiger partial charge in [-0.1, -0.05) is 65.2 Å². The lowest BCUT2D eigenvalue weighted by molar-refractivity contribution is 0.0955. The number of amides is 1. The van der Waals surface area contributed by atoms with E-state index >= 15 is 0 Å². The molecule has 7 heteroatoms. The molecule has 1 aromatic heterocycles. The summed E-state index contributed by atoms with van der Waals surface area (Å²) in [5.41, 5.74) is 6.49. The maximum Gasteiger partial charge on any atom is 0.272 e. The molecule has 1 N–H and O–H groups in total. The summed E-state index contributed by atoms with van der Waals surface area (Å²) in [6, 6.07) is 15.0. The summed E-state index contributed by atoms with van der Waals surface area (Å²) in [5.74, 6) is -0.391. The first kappa shape index (κ1) is 19.1. The number of hydrogen-bond acceptors (Lipinski definition) is 3. The minimum Gasteiger partial charge on any atom is -0.267 e. The Hall–Kier alpha value is -2.63. The summed E-state index contributed by atoms with van der Waals surface area (Å²) in [7, 11) is 0. The van der Waals surface area contributed by atoms with Gasteiger partial charge in [0.2, 0.25) is 0 Å². The Bertz CT molecular complexity index is 994. The average Bonchev–Trinajstić information content (AvgIpc) is 2.91. The molecule has 0 fully saturated rings. The van der Waals surface area contributed by atoms with Gasteiger partial charge in [0, 0.05) is 0 Å². The van der Waals surface area contributed by atoms with E-state index in [-0.39, 0.29) is 0 Å². The topological polar surface area (TPSA) is 59.3 Å². The molecular weight excluding hydrogens is 383 g/mol. The molecule has 5 nitrogen and oxygen atoms in total. The molecule has 2 aromatic carbocycles. The largest absolute Gasteiger partial charge is 0.272 e. The van der Waals surface area contributed by atoms with E-state index in [2.05, 4.69) is 15.6 Å². The van der Waals surface area contributed by atoms with Crippen molar-refractivity contribution in [3.63, 3.8) is 0 Å². The summed E-state index contributed by atoms with van der Waals surface area (Å²) in [4.78, 5) is 12.1. The molecule has 0 saturated carbocycles. The van der Waals surface area contributed by atoms with E-state index in [4.69, 9.17) is 23.2 Å². The van der Waals surface area contributed by atoms with Crippen LogP contribution in [0, 0.1) is 13.8 Å². The number of hydrazone groups is 1. The Morgan fingerprint density at radius 1 is 1.15 bits per heavy atom. The van der Waals surface area contributed by atoms with Gasteiger partial charge in [-0.3, -0.25) is 4.79 Å².